The third-order valence-electron chi connectivity index (χ3n) is 5.29. The van der Waals surface area contributed by atoms with E-state index in [1.807, 2.05) is 31.2 Å². The van der Waals surface area contributed by atoms with E-state index >= 15 is 0 Å². The van der Waals surface area contributed by atoms with Gasteiger partial charge >= 0.3 is 5.97 Å². The van der Waals surface area contributed by atoms with E-state index in [1.54, 1.807) is 36.4 Å². The second-order valence-electron chi connectivity index (χ2n) is 8.46. The number of nitrogens with two attached hydrogens (primary N) is 1. The Hall–Kier alpha value is -0.500. The minimum atomic E-state index is -1.02. The number of aryl methyl sites for hydroxylation is 1. The largest absolute Gasteiger partial charge is 0.506 e. The molecule has 0 aliphatic carbocycles. The molecular formula is C28H20Cl3I4NO5. The van der Waals surface area contributed by atoms with Gasteiger partial charge in [0.05, 0.1) is 19.3 Å². The monoisotopic (exact) mass is 1060 g/mol. The van der Waals surface area contributed by atoms with Gasteiger partial charge in [-0.3, -0.25) is 4.79 Å². The van der Waals surface area contributed by atoms with E-state index in [9.17, 15) is 9.90 Å². The van der Waals surface area contributed by atoms with Crippen molar-refractivity contribution in [3.8, 4) is 28.7 Å². The highest BCUT2D eigenvalue weighted by Crippen LogP contribution is 2.37. The molecule has 0 fully saturated rings. The van der Waals surface area contributed by atoms with Crippen LogP contribution in [-0.4, -0.2) is 22.2 Å². The Morgan fingerprint density at radius 3 is 1.88 bits per heavy atom. The number of carboxylic acid groups (broad SMARTS) is 1. The number of carboxylic acids is 1. The number of phenols is 1. The summed E-state index contributed by atoms with van der Waals surface area (Å²) in [4.78, 5) is 10.9. The first-order valence-electron chi connectivity index (χ1n) is 11.5. The summed E-state index contributed by atoms with van der Waals surface area (Å²) in [6, 6.07) is 16.9. The van der Waals surface area contributed by atoms with Gasteiger partial charge in [0.2, 0.25) is 0 Å². The van der Waals surface area contributed by atoms with Gasteiger partial charge in [-0.1, -0.05) is 34.8 Å². The van der Waals surface area contributed by atoms with E-state index in [0.29, 0.717) is 39.5 Å². The number of benzene rings is 4. The minimum Gasteiger partial charge on any atom is -0.506 e. The summed E-state index contributed by atoms with van der Waals surface area (Å²) in [5.74, 6) is 1.84. The lowest BCUT2D eigenvalue weighted by Gasteiger charge is -2.14. The molecule has 13 heteroatoms. The summed E-state index contributed by atoms with van der Waals surface area (Å²) in [6.07, 6.45) is 0.261. The van der Waals surface area contributed by atoms with Crippen LogP contribution in [0.4, 0.5) is 0 Å². The molecule has 4 aromatic rings. The molecule has 6 nitrogen and oxygen atoms in total. The van der Waals surface area contributed by atoms with E-state index in [0.717, 1.165) is 24.0 Å². The molecule has 1 atom stereocenters. The predicted octanol–water partition coefficient (Wildman–Crippen LogP) is 10.3. The van der Waals surface area contributed by atoms with Gasteiger partial charge < -0.3 is 25.4 Å². The van der Waals surface area contributed by atoms with Crippen LogP contribution < -0.4 is 15.2 Å². The highest BCUT2D eigenvalue weighted by molar-refractivity contribution is 14.1. The van der Waals surface area contributed by atoms with E-state index in [2.05, 4.69) is 90.4 Å². The topological polar surface area (TPSA) is 102 Å². The van der Waals surface area contributed by atoms with E-state index in [4.69, 9.17) is 55.1 Å². The first-order chi connectivity index (χ1) is 19.2. The lowest BCUT2D eigenvalue weighted by Crippen LogP contribution is -2.32. The molecule has 0 spiro atoms. The Balaban J connectivity index is 0.000000239. The Morgan fingerprint density at radius 1 is 0.829 bits per heavy atom. The van der Waals surface area contributed by atoms with Gasteiger partial charge in [-0.2, -0.15) is 0 Å². The second-order valence-corrected chi connectivity index (χ2v) is 14.4. The van der Waals surface area contributed by atoms with Gasteiger partial charge in [0.1, 0.15) is 29.0 Å². The van der Waals surface area contributed by atoms with Crippen molar-refractivity contribution in [2.75, 3.05) is 0 Å². The van der Waals surface area contributed by atoms with Crippen molar-refractivity contribution in [2.24, 2.45) is 5.73 Å². The Bertz CT molecular complexity index is 1490. The maximum Gasteiger partial charge on any atom is 0.320 e. The van der Waals surface area contributed by atoms with Crippen LogP contribution in [0.25, 0.3) is 0 Å². The molecule has 0 radical (unpaired) electrons. The normalized spacial score (nSPS) is 11.3. The van der Waals surface area contributed by atoms with Crippen molar-refractivity contribution in [1.29, 1.82) is 0 Å². The molecule has 0 aliphatic rings. The summed E-state index contributed by atoms with van der Waals surface area (Å²) in [5, 5.41) is 20.5. The summed E-state index contributed by atoms with van der Waals surface area (Å²) >= 11 is 26.1. The zero-order valence-electron chi connectivity index (χ0n) is 20.9. The molecule has 4 aromatic carbocycles. The number of aromatic hydroxyl groups is 1. The number of ether oxygens (including phenoxy) is 2. The van der Waals surface area contributed by atoms with Crippen LogP contribution in [0, 0.1) is 21.2 Å². The summed E-state index contributed by atoms with van der Waals surface area (Å²) in [5.41, 5.74) is 7.39. The molecule has 0 heterocycles. The number of halogens is 7. The van der Waals surface area contributed by atoms with Crippen LogP contribution in [-0.2, 0) is 11.2 Å². The maximum absolute atomic E-state index is 10.9. The number of aliphatic carboxylic acids is 1. The van der Waals surface area contributed by atoms with Crippen LogP contribution in [0.2, 0.25) is 15.1 Å². The minimum absolute atomic E-state index is 0.242. The van der Waals surface area contributed by atoms with Crippen molar-refractivity contribution in [2.45, 2.75) is 19.4 Å². The summed E-state index contributed by atoms with van der Waals surface area (Å²) < 4.78 is 14.8. The fourth-order valence-electron chi connectivity index (χ4n) is 3.29. The molecule has 0 saturated heterocycles. The third kappa shape index (κ3) is 10.3. The molecule has 4 N–H and O–H groups in total. The molecule has 0 aromatic heterocycles. The van der Waals surface area contributed by atoms with Crippen LogP contribution in [0.5, 0.6) is 28.7 Å². The SMILES string of the molecule is Cc1cc(Cl)ccc1Oc1ccc(Cl)cc1Cl.N[C@H](Cc1cc(I)c(Oc2cc(I)c(O)c(I)c2)c(I)c1)C(=O)O. The van der Waals surface area contributed by atoms with Gasteiger partial charge in [0.15, 0.2) is 5.75 Å². The van der Waals surface area contributed by atoms with E-state index < -0.39 is 12.0 Å². The quantitative estimate of drug-likeness (QED) is 0.159. The standard InChI is InChI=1S/C15H11I4NO4.C13H9Cl3O/c16-8-4-7(5-9(17)13(8)21)24-14-10(18)1-6(2-11(14)19)3-12(20)15(22)23;1-8-6-9(14)2-4-12(8)17-13-5-3-10(15)7-11(13)16/h1-2,4-5,12,21H,3,20H2,(H,22,23);2-7H,1H3/t12-;/m1./s1. The van der Waals surface area contributed by atoms with Gasteiger partial charge in [-0.15, -0.1) is 0 Å². The van der Waals surface area contributed by atoms with Crippen molar-refractivity contribution < 1.29 is 24.5 Å². The lowest BCUT2D eigenvalue weighted by atomic mass is 10.1. The molecule has 0 saturated carbocycles. The van der Waals surface area contributed by atoms with Crippen LogP contribution in [0.1, 0.15) is 11.1 Å². The molecular weight excluding hydrogens is 1040 g/mol. The lowest BCUT2D eigenvalue weighted by molar-refractivity contribution is -0.138. The van der Waals surface area contributed by atoms with Crippen LogP contribution >= 0.6 is 125 Å². The van der Waals surface area contributed by atoms with Crippen molar-refractivity contribution in [3.05, 3.63) is 101 Å². The molecule has 216 valence electrons. The predicted molar refractivity (Wildman–Crippen MR) is 198 cm³/mol. The van der Waals surface area contributed by atoms with Gasteiger partial charge in [0.25, 0.3) is 0 Å². The number of rotatable bonds is 7. The average molecular weight is 1060 g/mol. The molecule has 0 amide bonds. The highest BCUT2D eigenvalue weighted by atomic mass is 127. The fourth-order valence-corrected chi connectivity index (χ4v) is 7.79. The number of hydrogen-bond acceptors (Lipinski definition) is 5. The molecule has 41 heavy (non-hydrogen) atoms. The molecule has 4 rings (SSSR count). The summed E-state index contributed by atoms with van der Waals surface area (Å²) in [7, 11) is 0. The van der Waals surface area contributed by atoms with Gasteiger partial charge in [-0.25, -0.2) is 0 Å². The first kappa shape index (κ1) is 35.0. The Morgan fingerprint density at radius 2 is 1.37 bits per heavy atom. The van der Waals surface area contributed by atoms with Crippen molar-refractivity contribution in [1.82, 2.24) is 0 Å². The smallest absolute Gasteiger partial charge is 0.320 e. The number of phenolic OH excluding ortho intramolecular Hbond substituents is 1. The Kier molecular flexibility index (Phi) is 13.6. The van der Waals surface area contributed by atoms with Crippen LogP contribution in [0.15, 0.2) is 60.7 Å². The van der Waals surface area contributed by atoms with Gasteiger partial charge in [0, 0.05) is 10.0 Å². The van der Waals surface area contributed by atoms with Gasteiger partial charge in [-0.05, 0) is 175 Å². The van der Waals surface area contributed by atoms with Crippen molar-refractivity contribution >= 4 is 131 Å². The Labute approximate surface area is 306 Å². The molecule has 0 aliphatic heterocycles. The average Bonchev–Trinajstić information content (AvgIpc) is 2.88. The zero-order valence-corrected chi connectivity index (χ0v) is 31.8. The first-order valence-corrected chi connectivity index (χ1v) is 16.9. The van der Waals surface area contributed by atoms with E-state index in [-0.39, 0.29) is 12.2 Å². The summed E-state index contributed by atoms with van der Waals surface area (Å²) in [6.45, 7) is 1.92. The maximum atomic E-state index is 10.9. The number of carbonyl (C=O) groups is 1. The fraction of sp³-hybridized carbons (Fsp3) is 0.107. The third-order valence-corrected chi connectivity index (χ3v) is 9.30. The highest BCUT2D eigenvalue weighted by Gasteiger charge is 2.17. The number of hydrogen-bond donors (Lipinski definition) is 3. The molecule has 0 bridgehead atoms. The molecule has 0 unspecified atom stereocenters. The van der Waals surface area contributed by atoms with Crippen LogP contribution in [0.3, 0.4) is 0 Å². The zero-order chi connectivity index (χ0) is 30.4. The van der Waals surface area contributed by atoms with E-state index in [1.165, 1.54) is 0 Å². The second kappa shape index (κ2) is 16.0. The van der Waals surface area contributed by atoms with Crippen molar-refractivity contribution in [3.63, 3.8) is 0 Å².